The van der Waals surface area contributed by atoms with Gasteiger partial charge in [-0.3, -0.25) is 9.59 Å². The summed E-state index contributed by atoms with van der Waals surface area (Å²) in [4.78, 5) is 37.9. The molecule has 2 amide bonds. The van der Waals surface area contributed by atoms with Crippen molar-refractivity contribution in [3.05, 3.63) is 11.3 Å². The van der Waals surface area contributed by atoms with Crippen LogP contribution in [0.5, 0.6) is 0 Å². The van der Waals surface area contributed by atoms with Gasteiger partial charge in [0.25, 0.3) is 0 Å². The van der Waals surface area contributed by atoms with Crippen molar-refractivity contribution in [2.75, 3.05) is 25.5 Å². The Hall–Kier alpha value is -1.96. The van der Waals surface area contributed by atoms with Crippen molar-refractivity contribution in [2.45, 2.75) is 13.3 Å². The number of rotatable bonds is 3. The number of amides is 2. The van der Waals surface area contributed by atoms with E-state index in [0.29, 0.717) is 17.2 Å². The lowest BCUT2D eigenvalue weighted by atomic mass is 10.1. The molecule has 1 N–H and O–H groups in total. The zero-order chi connectivity index (χ0) is 15.0. The van der Waals surface area contributed by atoms with Gasteiger partial charge in [0.1, 0.15) is 10.6 Å². The fraction of sp³-hybridized carbons (Fsp3) is 0.500. The monoisotopic (exact) mass is 297 g/mol. The van der Waals surface area contributed by atoms with Gasteiger partial charge in [-0.2, -0.15) is 4.37 Å². The minimum Gasteiger partial charge on any atom is -0.478 e. The third-order valence-corrected chi connectivity index (χ3v) is 4.40. The molecule has 1 aliphatic heterocycles. The molecule has 1 atom stereocenters. The summed E-state index contributed by atoms with van der Waals surface area (Å²) in [7, 11) is 3.17. The third-order valence-electron chi connectivity index (χ3n) is 3.38. The normalized spacial score (nSPS) is 18.4. The summed E-state index contributed by atoms with van der Waals surface area (Å²) in [6.07, 6.45) is 0.167. The van der Waals surface area contributed by atoms with E-state index >= 15 is 0 Å². The minimum atomic E-state index is -1.11. The van der Waals surface area contributed by atoms with E-state index in [2.05, 4.69) is 4.37 Å². The lowest BCUT2D eigenvalue weighted by Gasteiger charge is -2.19. The van der Waals surface area contributed by atoms with Gasteiger partial charge in [-0.1, -0.05) is 0 Å². The Morgan fingerprint density at radius 2 is 2.15 bits per heavy atom. The van der Waals surface area contributed by atoms with E-state index in [4.69, 9.17) is 0 Å². The Balaban J connectivity index is 2.24. The number of aromatic carboxylic acids is 1. The summed E-state index contributed by atoms with van der Waals surface area (Å²) < 4.78 is 3.99. The van der Waals surface area contributed by atoms with E-state index in [-0.39, 0.29) is 23.8 Å². The molecule has 2 rings (SSSR count). The van der Waals surface area contributed by atoms with Gasteiger partial charge >= 0.3 is 5.97 Å². The summed E-state index contributed by atoms with van der Waals surface area (Å²) in [6, 6.07) is 0. The van der Waals surface area contributed by atoms with Crippen molar-refractivity contribution in [1.82, 2.24) is 9.27 Å². The molecule has 8 heteroatoms. The van der Waals surface area contributed by atoms with Crippen LogP contribution in [0.2, 0.25) is 0 Å². The molecule has 20 heavy (non-hydrogen) atoms. The van der Waals surface area contributed by atoms with Crippen molar-refractivity contribution in [2.24, 2.45) is 5.92 Å². The molecule has 2 heterocycles. The fourth-order valence-electron chi connectivity index (χ4n) is 2.24. The Morgan fingerprint density at radius 3 is 2.65 bits per heavy atom. The van der Waals surface area contributed by atoms with E-state index < -0.39 is 11.9 Å². The number of carboxylic acids is 1. The maximum atomic E-state index is 12.4. The van der Waals surface area contributed by atoms with E-state index in [0.717, 1.165) is 11.5 Å². The molecule has 7 nitrogen and oxygen atoms in total. The van der Waals surface area contributed by atoms with Crippen molar-refractivity contribution in [3.8, 4) is 0 Å². The Bertz CT molecular complexity index is 583. The first kappa shape index (κ1) is 14.4. The lowest BCUT2D eigenvalue weighted by Crippen LogP contribution is -2.34. The summed E-state index contributed by atoms with van der Waals surface area (Å²) in [5, 5.41) is 9.49. The molecule has 0 spiro atoms. The highest BCUT2D eigenvalue weighted by molar-refractivity contribution is 7.11. The zero-order valence-electron chi connectivity index (χ0n) is 11.4. The van der Waals surface area contributed by atoms with Gasteiger partial charge in [0.15, 0.2) is 0 Å². The molecule has 1 unspecified atom stereocenters. The first-order valence-electron chi connectivity index (χ1n) is 6.04. The first-order valence-corrected chi connectivity index (χ1v) is 6.81. The van der Waals surface area contributed by atoms with E-state index in [1.807, 2.05) is 0 Å². The van der Waals surface area contributed by atoms with Crippen LogP contribution in [-0.2, 0) is 9.59 Å². The number of aromatic nitrogens is 1. The number of hydrogen-bond acceptors (Lipinski definition) is 5. The molecular weight excluding hydrogens is 282 g/mol. The summed E-state index contributed by atoms with van der Waals surface area (Å²) in [5.74, 6) is -1.86. The Kier molecular flexibility index (Phi) is 3.76. The Labute approximate surface area is 120 Å². The van der Waals surface area contributed by atoms with Crippen molar-refractivity contribution < 1.29 is 19.5 Å². The van der Waals surface area contributed by atoms with Crippen LogP contribution in [0.25, 0.3) is 0 Å². The molecule has 0 radical (unpaired) electrons. The van der Waals surface area contributed by atoms with Crippen LogP contribution in [-0.4, -0.2) is 52.8 Å². The summed E-state index contributed by atoms with van der Waals surface area (Å²) in [5.41, 5.74) is 0.431. The number of hydrogen-bond donors (Lipinski definition) is 1. The number of likely N-dealkylation sites (tertiary alicyclic amines) is 1. The van der Waals surface area contributed by atoms with Crippen LogP contribution >= 0.6 is 11.5 Å². The third kappa shape index (κ3) is 2.38. The molecule has 1 fully saturated rings. The number of carbonyl (C=O) groups is 3. The van der Waals surface area contributed by atoms with E-state index in [1.54, 1.807) is 14.0 Å². The van der Waals surface area contributed by atoms with Crippen molar-refractivity contribution in [3.63, 3.8) is 0 Å². The van der Waals surface area contributed by atoms with Gasteiger partial charge < -0.3 is 14.9 Å². The van der Waals surface area contributed by atoms with Crippen LogP contribution in [0.15, 0.2) is 0 Å². The van der Waals surface area contributed by atoms with Crippen LogP contribution in [0.4, 0.5) is 5.00 Å². The maximum Gasteiger partial charge on any atom is 0.340 e. The molecule has 108 valence electrons. The van der Waals surface area contributed by atoms with E-state index in [9.17, 15) is 19.5 Å². The summed E-state index contributed by atoms with van der Waals surface area (Å²) in [6.45, 7) is 1.96. The maximum absolute atomic E-state index is 12.4. The molecule has 1 aromatic rings. The van der Waals surface area contributed by atoms with Gasteiger partial charge in [-0.05, 0) is 18.5 Å². The predicted octanol–water partition coefficient (Wildman–Crippen LogP) is 0.591. The van der Waals surface area contributed by atoms with Crippen LogP contribution in [0, 0.1) is 12.8 Å². The number of anilines is 1. The quantitative estimate of drug-likeness (QED) is 0.881. The van der Waals surface area contributed by atoms with Crippen LogP contribution in [0.1, 0.15) is 22.5 Å². The van der Waals surface area contributed by atoms with Gasteiger partial charge in [-0.25, -0.2) is 4.79 Å². The second kappa shape index (κ2) is 5.20. The fourth-order valence-corrected chi connectivity index (χ4v) is 3.09. The second-order valence-corrected chi connectivity index (χ2v) is 5.58. The molecule has 0 saturated carbocycles. The number of nitrogens with zero attached hydrogens (tertiary/aromatic N) is 3. The molecule has 0 aliphatic carbocycles. The molecule has 0 aromatic carbocycles. The van der Waals surface area contributed by atoms with Crippen LogP contribution < -0.4 is 4.90 Å². The predicted molar refractivity (Wildman–Crippen MR) is 73.0 cm³/mol. The van der Waals surface area contributed by atoms with Crippen LogP contribution in [0.3, 0.4) is 0 Å². The SMILES string of the molecule is Cc1nsc(N(C)C(=O)C2CC(=O)N(C)C2)c1C(=O)O. The van der Waals surface area contributed by atoms with Gasteiger partial charge in [-0.15, -0.1) is 0 Å². The largest absolute Gasteiger partial charge is 0.478 e. The van der Waals surface area contributed by atoms with E-state index in [1.165, 1.54) is 16.8 Å². The topological polar surface area (TPSA) is 90.8 Å². The molecule has 0 bridgehead atoms. The van der Waals surface area contributed by atoms with Gasteiger partial charge in [0, 0.05) is 27.1 Å². The average molecular weight is 297 g/mol. The van der Waals surface area contributed by atoms with Gasteiger partial charge in [0.05, 0.1) is 11.6 Å². The highest BCUT2D eigenvalue weighted by Crippen LogP contribution is 2.30. The molecule has 1 aliphatic rings. The zero-order valence-corrected chi connectivity index (χ0v) is 12.2. The van der Waals surface area contributed by atoms with Crippen molar-refractivity contribution >= 4 is 34.3 Å². The molecular formula is C12H15N3O4S. The number of carbonyl (C=O) groups excluding carboxylic acids is 2. The minimum absolute atomic E-state index is 0.0449. The summed E-state index contributed by atoms with van der Waals surface area (Å²) >= 11 is 0.977. The first-order chi connectivity index (χ1) is 9.32. The number of aryl methyl sites for hydroxylation is 1. The highest BCUT2D eigenvalue weighted by atomic mass is 32.1. The highest BCUT2D eigenvalue weighted by Gasteiger charge is 2.35. The van der Waals surface area contributed by atoms with Crippen molar-refractivity contribution in [1.29, 1.82) is 0 Å². The van der Waals surface area contributed by atoms with Gasteiger partial charge in [0.2, 0.25) is 11.8 Å². The number of carboxylic acid groups (broad SMARTS) is 1. The second-order valence-electron chi connectivity index (χ2n) is 4.83. The Morgan fingerprint density at radius 1 is 1.50 bits per heavy atom. The lowest BCUT2D eigenvalue weighted by molar-refractivity contribution is -0.127. The average Bonchev–Trinajstić information content (AvgIpc) is 2.92. The molecule has 1 saturated heterocycles. The molecule has 1 aromatic heterocycles. The smallest absolute Gasteiger partial charge is 0.340 e. The standard InChI is InChI=1S/C12H15N3O4S/c1-6-9(12(18)19)11(20-13-6)15(3)10(17)7-4-8(16)14(2)5-7/h7H,4-5H2,1-3H3,(H,18,19).